The number of allylic oxidation sites excluding steroid dienone is 2. The minimum Gasteiger partial charge on any atom is -0.455 e. The summed E-state index contributed by atoms with van der Waals surface area (Å²) in [7, 11) is 0. The van der Waals surface area contributed by atoms with Crippen molar-refractivity contribution >= 4 is 55.9 Å². The largest absolute Gasteiger partial charge is 0.455 e. The summed E-state index contributed by atoms with van der Waals surface area (Å²) in [4.78, 5) is 4.89. The summed E-state index contributed by atoms with van der Waals surface area (Å²) in [6, 6.07) is 89.7. The second kappa shape index (κ2) is 17.0. The fourth-order valence-electron chi connectivity index (χ4n) is 11.0. The maximum atomic E-state index is 6.54. The van der Waals surface area contributed by atoms with Gasteiger partial charge in [0.05, 0.1) is 5.54 Å². The molecule has 0 amide bonds. The SMILES string of the molecule is CC12C=C(c3cccc4c3oc3ccccc34)C=CC1c1ccccc1N2c1cccc(-c2ccc(-c3ccc(N(c4ccc(-c5ccccc5)cc4)c4ccc(-c5ccccc5)cc4)cc3)cc2)c1. The molecule has 1 aliphatic carbocycles. The molecule has 2 aliphatic rings. The molecule has 0 bridgehead atoms. The van der Waals surface area contributed by atoms with Gasteiger partial charge in [0.25, 0.3) is 0 Å². The zero-order chi connectivity index (χ0) is 46.6. The van der Waals surface area contributed by atoms with Gasteiger partial charge in [-0.3, -0.25) is 0 Å². The third-order valence-corrected chi connectivity index (χ3v) is 14.5. The van der Waals surface area contributed by atoms with Crippen molar-refractivity contribution in [2.75, 3.05) is 9.80 Å². The van der Waals surface area contributed by atoms with Gasteiger partial charge >= 0.3 is 0 Å². The molecule has 0 N–H and O–H groups in total. The highest BCUT2D eigenvalue weighted by molar-refractivity contribution is 6.09. The number of anilines is 5. The quantitative estimate of drug-likeness (QED) is 0.144. The number of benzene rings is 10. The Morgan fingerprint density at radius 2 is 0.900 bits per heavy atom. The lowest BCUT2D eigenvalue weighted by atomic mass is 9.77. The van der Waals surface area contributed by atoms with Crippen LogP contribution in [0.2, 0.25) is 0 Å². The first kappa shape index (κ1) is 41.3. The summed E-state index contributed by atoms with van der Waals surface area (Å²) in [5.41, 5.74) is 20.3. The van der Waals surface area contributed by atoms with E-state index in [-0.39, 0.29) is 11.5 Å². The molecule has 0 fully saturated rings. The maximum absolute atomic E-state index is 6.54. The molecule has 3 nitrogen and oxygen atoms in total. The summed E-state index contributed by atoms with van der Waals surface area (Å²) in [6.07, 6.45) is 7.16. The highest BCUT2D eigenvalue weighted by Gasteiger charge is 2.48. The summed E-state index contributed by atoms with van der Waals surface area (Å²) in [5.74, 6) is 0.184. The third-order valence-electron chi connectivity index (χ3n) is 14.5. The Bertz CT molecular complexity index is 3670. The van der Waals surface area contributed by atoms with Crippen molar-refractivity contribution < 1.29 is 4.42 Å². The van der Waals surface area contributed by atoms with Gasteiger partial charge in [-0.1, -0.05) is 206 Å². The molecule has 1 aliphatic heterocycles. The monoisotopic (exact) mass is 896 g/mol. The number of fused-ring (bicyclic) bond motifs is 6. The van der Waals surface area contributed by atoms with Crippen LogP contribution in [0.15, 0.2) is 271 Å². The predicted octanol–water partition coefficient (Wildman–Crippen LogP) is 18.4. The van der Waals surface area contributed by atoms with Crippen LogP contribution in [0.3, 0.4) is 0 Å². The Labute approximate surface area is 409 Å². The van der Waals surface area contributed by atoms with E-state index in [1.807, 2.05) is 6.07 Å². The van der Waals surface area contributed by atoms with Gasteiger partial charge in [0.2, 0.25) is 0 Å². The fourth-order valence-corrected chi connectivity index (χ4v) is 11.0. The van der Waals surface area contributed by atoms with E-state index in [1.165, 1.54) is 61.3 Å². The minimum absolute atomic E-state index is 0.184. The molecular formula is C67H48N2O. The molecule has 11 aromatic rings. The molecule has 70 heavy (non-hydrogen) atoms. The maximum Gasteiger partial charge on any atom is 0.143 e. The first-order valence-corrected chi connectivity index (χ1v) is 24.2. The topological polar surface area (TPSA) is 19.6 Å². The standard InChI is InChI=1S/C67H48N2O/c1-67-45-54(59-22-13-23-61-60-20-9-11-25-65(60)70-66(59)61)36-43-63(67)62-21-8-10-24-64(62)69(67)58-19-12-18-53(44-58)52-28-26-48(27-29-52)51-34-41-57(42-35-51)68(55-37-30-49(31-38-55)46-14-4-2-5-15-46)56-39-32-50(33-40-56)47-16-6-3-7-17-47/h2-45,63H,1H3. The normalized spacial score (nSPS) is 16.0. The molecule has 2 unspecified atom stereocenters. The van der Waals surface area contributed by atoms with Gasteiger partial charge in [-0.2, -0.15) is 0 Å². The molecule has 0 radical (unpaired) electrons. The van der Waals surface area contributed by atoms with E-state index in [2.05, 4.69) is 278 Å². The van der Waals surface area contributed by atoms with E-state index in [1.54, 1.807) is 0 Å². The molecule has 0 spiro atoms. The lowest BCUT2D eigenvalue weighted by Crippen LogP contribution is -2.42. The van der Waals surface area contributed by atoms with Crippen LogP contribution in [0.5, 0.6) is 0 Å². The molecule has 2 atom stereocenters. The fraction of sp³-hybridized carbons (Fsp3) is 0.0448. The van der Waals surface area contributed by atoms with Crippen LogP contribution >= 0.6 is 0 Å². The number of hydrogen-bond acceptors (Lipinski definition) is 3. The van der Waals surface area contributed by atoms with Gasteiger partial charge in [0.1, 0.15) is 11.2 Å². The molecule has 332 valence electrons. The Morgan fingerprint density at radius 1 is 0.429 bits per heavy atom. The van der Waals surface area contributed by atoms with Crippen LogP contribution in [0.25, 0.3) is 72.0 Å². The summed E-state index contributed by atoms with van der Waals surface area (Å²) >= 11 is 0. The van der Waals surface area contributed by atoms with Gasteiger partial charge in [-0.05, 0) is 123 Å². The van der Waals surface area contributed by atoms with Crippen LogP contribution in [0, 0.1) is 0 Å². The average Bonchev–Trinajstić information content (AvgIpc) is 3.94. The molecular weight excluding hydrogens is 849 g/mol. The Hall–Kier alpha value is -8.92. The zero-order valence-corrected chi connectivity index (χ0v) is 38.8. The number of para-hydroxylation sites is 3. The number of furan rings is 1. The Balaban J connectivity index is 0.801. The molecule has 0 saturated carbocycles. The predicted molar refractivity (Wildman–Crippen MR) is 293 cm³/mol. The zero-order valence-electron chi connectivity index (χ0n) is 38.8. The van der Waals surface area contributed by atoms with Gasteiger partial charge in [-0.25, -0.2) is 0 Å². The van der Waals surface area contributed by atoms with Crippen molar-refractivity contribution in [3.8, 4) is 44.5 Å². The van der Waals surface area contributed by atoms with E-state index in [0.717, 1.165) is 50.3 Å². The van der Waals surface area contributed by atoms with Crippen molar-refractivity contribution in [1.29, 1.82) is 0 Å². The van der Waals surface area contributed by atoms with Crippen LogP contribution < -0.4 is 9.80 Å². The molecule has 3 heteroatoms. The lowest BCUT2D eigenvalue weighted by molar-refractivity contribution is 0.544. The first-order valence-electron chi connectivity index (χ1n) is 24.2. The number of hydrogen-bond donors (Lipinski definition) is 0. The van der Waals surface area contributed by atoms with Crippen molar-refractivity contribution in [2.45, 2.75) is 18.4 Å². The van der Waals surface area contributed by atoms with E-state index in [0.29, 0.717) is 0 Å². The van der Waals surface area contributed by atoms with Gasteiger partial charge < -0.3 is 14.2 Å². The molecule has 2 heterocycles. The van der Waals surface area contributed by atoms with Crippen LogP contribution in [0.4, 0.5) is 28.4 Å². The van der Waals surface area contributed by atoms with Gasteiger partial charge in [0, 0.05) is 50.7 Å². The van der Waals surface area contributed by atoms with Crippen molar-refractivity contribution in [3.05, 3.63) is 278 Å². The highest BCUT2D eigenvalue weighted by atomic mass is 16.3. The second-order valence-corrected chi connectivity index (χ2v) is 18.7. The average molecular weight is 897 g/mol. The van der Waals surface area contributed by atoms with Crippen LogP contribution in [-0.4, -0.2) is 5.54 Å². The highest BCUT2D eigenvalue weighted by Crippen LogP contribution is 2.56. The molecule has 0 saturated heterocycles. The molecule has 1 aromatic heterocycles. The van der Waals surface area contributed by atoms with Crippen LogP contribution in [0.1, 0.15) is 24.0 Å². The summed E-state index contributed by atoms with van der Waals surface area (Å²) < 4.78 is 6.54. The van der Waals surface area contributed by atoms with Gasteiger partial charge in [0.15, 0.2) is 0 Å². The number of nitrogens with zero attached hydrogens (tertiary/aromatic N) is 2. The van der Waals surface area contributed by atoms with E-state index < -0.39 is 0 Å². The minimum atomic E-state index is -0.358. The van der Waals surface area contributed by atoms with E-state index in [4.69, 9.17) is 4.42 Å². The smallest absolute Gasteiger partial charge is 0.143 e. The Kier molecular flexibility index (Phi) is 10.0. The molecule has 13 rings (SSSR count). The first-order chi connectivity index (χ1) is 34.6. The van der Waals surface area contributed by atoms with E-state index >= 15 is 0 Å². The van der Waals surface area contributed by atoms with Crippen molar-refractivity contribution in [1.82, 2.24) is 0 Å². The van der Waals surface area contributed by atoms with Crippen molar-refractivity contribution in [2.24, 2.45) is 0 Å². The Morgan fingerprint density at radius 3 is 1.51 bits per heavy atom. The van der Waals surface area contributed by atoms with Crippen molar-refractivity contribution in [3.63, 3.8) is 0 Å². The molecule has 10 aromatic carbocycles. The lowest BCUT2D eigenvalue weighted by Gasteiger charge is -2.40. The summed E-state index contributed by atoms with van der Waals surface area (Å²) in [6.45, 7) is 2.38. The van der Waals surface area contributed by atoms with E-state index in [9.17, 15) is 0 Å². The summed E-state index contributed by atoms with van der Waals surface area (Å²) in [5, 5.41) is 2.29. The second-order valence-electron chi connectivity index (χ2n) is 18.7. The third kappa shape index (κ3) is 7.14. The number of rotatable bonds is 9. The van der Waals surface area contributed by atoms with Crippen LogP contribution in [-0.2, 0) is 0 Å². The van der Waals surface area contributed by atoms with Gasteiger partial charge in [-0.15, -0.1) is 0 Å².